The monoisotopic (exact) mass is 263 g/mol. The van der Waals surface area contributed by atoms with E-state index in [1.165, 1.54) is 44.5 Å². The van der Waals surface area contributed by atoms with E-state index in [2.05, 4.69) is 28.2 Å². The van der Waals surface area contributed by atoms with Crippen molar-refractivity contribution < 1.29 is 4.74 Å². The summed E-state index contributed by atoms with van der Waals surface area (Å²) in [6.07, 6.45) is 5.65. The van der Waals surface area contributed by atoms with E-state index in [-0.39, 0.29) is 0 Å². The fraction of sp³-hybridized carbons (Fsp3) is 0.667. The quantitative estimate of drug-likeness (QED) is 0.852. The molecule has 4 heteroatoms. The van der Waals surface area contributed by atoms with E-state index in [1.807, 2.05) is 12.3 Å². The molecule has 1 aromatic heterocycles. The molecule has 1 aliphatic heterocycles. The van der Waals surface area contributed by atoms with E-state index in [0.717, 1.165) is 6.54 Å². The second kappa shape index (κ2) is 7.46. The minimum absolute atomic E-state index is 0.648. The molecule has 0 amide bonds. The number of hydrogen-bond donors (Lipinski definition) is 1. The van der Waals surface area contributed by atoms with Gasteiger partial charge in [0.05, 0.1) is 7.11 Å². The summed E-state index contributed by atoms with van der Waals surface area (Å²) in [7, 11) is 1.64. The van der Waals surface area contributed by atoms with Crippen LogP contribution in [0.5, 0.6) is 5.88 Å². The van der Waals surface area contributed by atoms with Crippen LogP contribution in [-0.2, 0) is 6.54 Å². The Labute approximate surface area is 116 Å². The summed E-state index contributed by atoms with van der Waals surface area (Å²) in [6, 6.07) is 4.64. The third kappa shape index (κ3) is 4.48. The van der Waals surface area contributed by atoms with Crippen LogP contribution in [0.3, 0.4) is 0 Å². The van der Waals surface area contributed by atoms with E-state index < -0.39 is 0 Å². The maximum absolute atomic E-state index is 5.06. The molecule has 0 aromatic carbocycles. The van der Waals surface area contributed by atoms with Gasteiger partial charge in [-0.25, -0.2) is 4.98 Å². The van der Waals surface area contributed by atoms with Gasteiger partial charge in [0.1, 0.15) is 0 Å². The van der Waals surface area contributed by atoms with Crippen molar-refractivity contribution in [1.29, 1.82) is 0 Å². The molecule has 0 spiro atoms. The first-order valence-corrected chi connectivity index (χ1v) is 7.26. The molecule has 0 radical (unpaired) electrons. The summed E-state index contributed by atoms with van der Waals surface area (Å²) >= 11 is 0. The van der Waals surface area contributed by atoms with Gasteiger partial charge in [0.2, 0.25) is 5.88 Å². The number of ether oxygens (including phenoxy) is 1. The molecule has 0 aliphatic carbocycles. The van der Waals surface area contributed by atoms with Crippen molar-refractivity contribution in [2.24, 2.45) is 0 Å². The van der Waals surface area contributed by atoms with Crippen molar-refractivity contribution in [2.75, 3.05) is 26.7 Å². The van der Waals surface area contributed by atoms with Gasteiger partial charge in [0.25, 0.3) is 0 Å². The lowest BCUT2D eigenvalue weighted by molar-refractivity contribution is 0.197. The highest BCUT2D eigenvalue weighted by Gasteiger charge is 2.17. The molecule has 19 heavy (non-hydrogen) atoms. The largest absolute Gasteiger partial charge is 0.481 e. The average Bonchev–Trinajstić information content (AvgIpc) is 2.47. The molecule has 0 saturated carbocycles. The molecule has 2 heterocycles. The Bertz CT molecular complexity index is 358. The van der Waals surface area contributed by atoms with Crippen LogP contribution in [0.2, 0.25) is 0 Å². The first-order valence-electron chi connectivity index (χ1n) is 7.26. The smallest absolute Gasteiger partial charge is 0.212 e. The highest BCUT2D eigenvalue weighted by Crippen LogP contribution is 2.12. The number of methoxy groups -OCH3 is 1. The van der Waals surface area contributed by atoms with Crippen molar-refractivity contribution in [3.8, 4) is 5.88 Å². The lowest BCUT2D eigenvalue weighted by atomic mass is 10.0. The van der Waals surface area contributed by atoms with Crippen molar-refractivity contribution in [1.82, 2.24) is 15.2 Å². The summed E-state index contributed by atoms with van der Waals surface area (Å²) in [4.78, 5) is 6.79. The Kier molecular flexibility index (Phi) is 5.61. The zero-order chi connectivity index (χ0) is 13.5. The molecule has 0 bridgehead atoms. The van der Waals surface area contributed by atoms with Gasteiger partial charge in [0.15, 0.2) is 0 Å². The molecule has 4 nitrogen and oxygen atoms in total. The molecule has 1 aromatic rings. The number of rotatable bonds is 6. The lowest BCUT2D eigenvalue weighted by Crippen LogP contribution is -2.42. The van der Waals surface area contributed by atoms with Crippen molar-refractivity contribution in [3.63, 3.8) is 0 Å². The minimum atomic E-state index is 0.648. The van der Waals surface area contributed by atoms with Crippen molar-refractivity contribution in [3.05, 3.63) is 23.9 Å². The second-order valence-corrected chi connectivity index (χ2v) is 5.21. The van der Waals surface area contributed by atoms with Crippen LogP contribution < -0.4 is 10.1 Å². The van der Waals surface area contributed by atoms with Gasteiger partial charge >= 0.3 is 0 Å². The molecule has 2 rings (SSSR count). The molecule has 106 valence electrons. The number of nitrogens with one attached hydrogen (secondary N) is 1. The highest BCUT2D eigenvalue weighted by molar-refractivity contribution is 5.17. The van der Waals surface area contributed by atoms with Crippen molar-refractivity contribution >= 4 is 0 Å². The van der Waals surface area contributed by atoms with Crippen LogP contribution in [0.1, 0.15) is 31.7 Å². The van der Waals surface area contributed by atoms with Gasteiger partial charge in [-0.2, -0.15) is 0 Å². The first-order chi connectivity index (χ1) is 9.31. The fourth-order valence-electron chi connectivity index (χ4n) is 2.58. The van der Waals surface area contributed by atoms with E-state index in [0.29, 0.717) is 11.9 Å². The molecule has 1 fully saturated rings. The third-order valence-electron chi connectivity index (χ3n) is 3.73. The topological polar surface area (TPSA) is 37.4 Å². The number of piperidine rings is 1. The lowest BCUT2D eigenvalue weighted by Gasteiger charge is -2.32. The third-order valence-corrected chi connectivity index (χ3v) is 3.73. The van der Waals surface area contributed by atoms with E-state index in [1.54, 1.807) is 7.11 Å². The SMILES string of the molecule is CCCN1CCC(NCc2ccc(OC)nc2)CC1. The number of likely N-dealkylation sites (tertiary alicyclic amines) is 1. The Balaban J connectivity index is 1.71. The van der Waals surface area contributed by atoms with Gasteiger partial charge in [-0.1, -0.05) is 13.0 Å². The molecular weight excluding hydrogens is 238 g/mol. The predicted octanol–water partition coefficient (Wildman–Crippen LogP) is 2.05. The Hall–Kier alpha value is -1.13. The van der Waals surface area contributed by atoms with Crippen LogP contribution in [0.15, 0.2) is 18.3 Å². The zero-order valence-electron chi connectivity index (χ0n) is 12.1. The molecule has 1 N–H and O–H groups in total. The predicted molar refractivity (Wildman–Crippen MR) is 77.4 cm³/mol. The van der Waals surface area contributed by atoms with Crippen LogP contribution in [0, 0.1) is 0 Å². The summed E-state index contributed by atoms with van der Waals surface area (Å²) in [5.41, 5.74) is 1.22. The summed E-state index contributed by atoms with van der Waals surface area (Å²) in [5.74, 6) is 0.677. The van der Waals surface area contributed by atoms with E-state index in [9.17, 15) is 0 Å². The molecular formula is C15H25N3O. The fourth-order valence-corrected chi connectivity index (χ4v) is 2.58. The van der Waals surface area contributed by atoms with Crippen LogP contribution in [-0.4, -0.2) is 42.7 Å². The normalized spacial score (nSPS) is 17.6. The van der Waals surface area contributed by atoms with Gasteiger partial charge in [-0.05, 0) is 44.5 Å². The van der Waals surface area contributed by atoms with Crippen LogP contribution in [0.4, 0.5) is 0 Å². The maximum Gasteiger partial charge on any atom is 0.212 e. The number of hydrogen-bond acceptors (Lipinski definition) is 4. The molecule has 1 saturated heterocycles. The Morgan fingerprint density at radius 1 is 1.37 bits per heavy atom. The highest BCUT2D eigenvalue weighted by atomic mass is 16.5. The Morgan fingerprint density at radius 2 is 2.16 bits per heavy atom. The van der Waals surface area contributed by atoms with Gasteiger partial charge in [-0.15, -0.1) is 0 Å². The van der Waals surface area contributed by atoms with Gasteiger partial charge in [0, 0.05) is 24.8 Å². The van der Waals surface area contributed by atoms with E-state index in [4.69, 9.17) is 4.74 Å². The first kappa shape index (κ1) is 14.3. The standard InChI is InChI=1S/C15H25N3O/c1-3-8-18-9-6-14(7-10-18)16-11-13-4-5-15(19-2)17-12-13/h4-5,12,14,16H,3,6-11H2,1-2H3. The zero-order valence-corrected chi connectivity index (χ0v) is 12.1. The van der Waals surface area contributed by atoms with Gasteiger partial charge in [-0.3, -0.25) is 0 Å². The van der Waals surface area contributed by atoms with Crippen LogP contribution in [0.25, 0.3) is 0 Å². The summed E-state index contributed by atoms with van der Waals surface area (Å²) in [5, 5.41) is 3.63. The average molecular weight is 263 g/mol. The molecule has 0 atom stereocenters. The van der Waals surface area contributed by atoms with E-state index >= 15 is 0 Å². The second-order valence-electron chi connectivity index (χ2n) is 5.21. The van der Waals surface area contributed by atoms with Crippen molar-refractivity contribution in [2.45, 2.75) is 38.8 Å². The maximum atomic E-state index is 5.06. The van der Waals surface area contributed by atoms with Crippen LogP contribution >= 0.6 is 0 Å². The summed E-state index contributed by atoms with van der Waals surface area (Å²) in [6.45, 7) is 6.85. The Morgan fingerprint density at radius 3 is 2.74 bits per heavy atom. The number of pyridine rings is 1. The number of nitrogens with zero attached hydrogens (tertiary/aromatic N) is 2. The molecule has 0 unspecified atom stereocenters. The minimum Gasteiger partial charge on any atom is -0.481 e. The van der Waals surface area contributed by atoms with Gasteiger partial charge < -0.3 is 15.0 Å². The summed E-state index contributed by atoms with van der Waals surface area (Å²) < 4.78 is 5.06. The molecule has 1 aliphatic rings. The number of aromatic nitrogens is 1.